The average Bonchev–Trinajstić information content (AvgIpc) is 2.81. The van der Waals surface area contributed by atoms with Crippen molar-refractivity contribution in [3.05, 3.63) is 25.9 Å². The van der Waals surface area contributed by atoms with Crippen molar-refractivity contribution in [2.45, 2.75) is 27.3 Å². The SMILES string of the molecule is CCNc1snnc1Cn1c(C)c(C)sc1=O. The van der Waals surface area contributed by atoms with Gasteiger partial charge in [0, 0.05) is 28.6 Å². The number of hydrogen-bond donors (Lipinski definition) is 1. The number of thiazole rings is 1. The zero-order valence-electron chi connectivity index (χ0n) is 9.98. The first-order valence-corrected chi connectivity index (χ1v) is 6.94. The van der Waals surface area contributed by atoms with E-state index in [9.17, 15) is 4.79 Å². The first kappa shape index (κ1) is 12.3. The van der Waals surface area contributed by atoms with Crippen molar-refractivity contribution in [1.29, 1.82) is 0 Å². The number of aryl methyl sites for hydroxylation is 1. The molecule has 0 aliphatic rings. The van der Waals surface area contributed by atoms with E-state index in [0.717, 1.165) is 27.8 Å². The van der Waals surface area contributed by atoms with Gasteiger partial charge in [0.05, 0.1) is 6.54 Å². The fourth-order valence-electron chi connectivity index (χ4n) is 1.53. The summed E-state index contributed by atoms with van der Waals surface area (Å²) in [6.07, 6.45) is 0. The topological polar surface area (TPSA) is 59.8 Å². The molecule has 2 aromatic rings. The predicted octanol–water partition coefficient (Wildman–Crippen LogP) is 1.86. The molecule has 5 nitrogen and oxygen atoms in total. The van der Waals surface area contributed by atoms with Crippen molar-refractivity contribution in [3.63, 3.8) is 0 Å². The molecule has 0 fully saturated rings. The summed E-state index contributed by atoms with van der Waals surface area (Å²) in [6, 6.07) is 0. The Morgan fingerprint density at radius 1 is 1.41 bits per heavy atom. The lowest BCUT2D eigenvalue weighted by atomic mass is 10.4. The van der Waals surface area contributed by atoms with Gasteiger partial charge in [0.1, 0.15) is 10.7 Å². The molecule has 0 radical (unpaired) electrons. The number of nitrogens with zero attached hydrogens (tertiary/aromatic N) is 3. The molecule has 2 heterocycles. The average molecular weight is 270 g/mol. The van der Waals surface area contributed by atoms with Gasteiger partial charge < -0.3 is 5.32 Å². The highest BCUT2D eigenvalue weighted by Crippen LogP contribution is 2.19. The molecule has 0 aliphatic carbocycles. The normalized spacial score (nSPS) is 10.8. The van der Waals surface area contributed by atoms with E-state index in [4.69, 9.17) is 0 Å². The van der Waals surface area contributed by atoms with Crippen molar-refractivity contribution in [1.82, 2.24) is 14.2 Å². The van der Waals surface area contributed by atoms with Gasteiger partial charge in [0.2, 0.25) is 0 Å². The Bertz CT molecular complexity index is 569. The van der Waals surface area contributed by atoms with Gasteiger partial charge in [-0.3, -0.25) is 9.36 Å². The van der Waals surface area contributed by atoms with E-state index in [2.05, 4.69) is 14.9 Å². The Morgan fingerprint density at radius 3 is 2.76 bits per heavy atom. The van der Waals surface area contributed by atoms with Crippen molar-refractivity contribution < 1.29 is 0 Å². The van der Waals surface area contributed by atoms with Gasteiger partial charge in [-0.2, -0.15) is 0 Å². The standard InChI is InChI=1S/C10H14N4OS2/c1-4-11-9-8(12-13-17-9)5-14-6(2)7(3)16-10(14)15/h11H,4-5H2,1-3H3. The molecule has 17 heavy (non-hydrogen) atoms. The van der Waals surface area contributed by atoms with Crippen molar-refractivity contribution >= 4 is 27.9 Å². The third-order valence-electron chi connectivity index (χ3n) is 2.58. The van der Waals surface area contributed by atoms with Crippen molar-refractivity contribution in [2.24, 2.45) is 0 Å². The molecular formula is C10H14N4OS2. The monoisotopic (exact) mass is 270 g/mol. The van der Waals surface area contributed by atoms with E-state index in [1.165, 1.54) is 22.9 Å². The fourth-order valence-corrected chi connectivity index (χ4v) is 3.00. The molecule has 0 amide bonds. The Kier molecular flexibility index (Phi) is 3.58. The first-order chi connectivity index (χ1) is 8.13. The minimum atomic E-state index is 0.0652. The minimum absolute atomic E-state index is 0.0652. The van der Waals surface area contributed by atoms with Crippen LogP contribution >= 0.6 is 22.9 Å². The van der Waals surface area contributed by atoms with Gasteiger partial charge in [0.25, 0.3) is 0 Å². The van der Waals surface area contributed by atoms with E-state index in [1.807, 2.05) is 20.8 Å². The summed E-state index contributed by atoms with van der Waals surface area (Å²) in [6.45, 7) is 7.26. The number of rotatable bonds is 4. The zero-order valence-corrected chi connectivity index (χ0v) is 11.6. The van der Waals surface area contributed by atoms with E-state index in [1.54, 1.807) is 4.57 Å². The summed E-state index contributed by atoms with van der Waals surface area (Å²) >= 11 is 2.61. The van der Waals surface area contributed by atoms with Gasteiger partial charge in [-0.1, -0.05) is 15.8 Å². The molecule has 0 spiro atoms. The second-order valence-electron chi connectivity index (χ2n) is 3.67. The number of aromatic nitrogens is 3. The van der Waals surface area contributed by atoms with Crippen LogP contribution in [0.2, 0.25) is 0 Å². The Balaban J connectivity index is 2.31. The van der Waals surface area contributed by atoms with Gasteiger partial charge in [-0.05, 0) is 20.8 Å². The summed E-state index contributed by atoms with van der Waals surface area (Å²) in [5, 5.41) is 8.22. The molecule has 0 saturated carbocycles. The van der Waals surface area contributed by atoms with Crippen LogP contribution in [-0.2, 0) is 6.54 Å². The van der Waals surface area contributed by atoms with Crippen molar-refractivity contribution in [2.75, 3.05) is 11.9 Å². The third-order valence-corrected chi connectivity index (χ3v) is 4.30. The summed E-state index contributed by atoms with van der Waals surface area (Å²) in [5.41, 5.74) is 1.84. The maximum absolute atomic E-state index is 11.8. The predicted molar refractivity (Wildman–Crippen MR) is 71.2 cm³/mol. The van der Waals surface area contributed by atoms with Crippen LogP contribution in [0.25, 0.3) is 0 Å². The minimum Gasteiger partial charge on any atom is -0.374 e. The van der Waals surface area contributed by atoms with Crippen molar-refractivity contribution in [3.8, 4) is 0 Å². The Hall–Kier alpha value is -1.21. The molecule has 0 bridgehead atoms. The second-order valence-corrected chi connectivity index (χ2v) is 5.59. The van der Waals surface area contributed by atoms with E-state index in [-0.39, 0.29) is 4.87 Å². The summed E-state index contributed by atoms with van der Waals surface area (Å²) < 4.78 is 5.67. The van der Waals surface area contributed by atoms with Crippen LogP contribution < -0.4 is 10.2 Å². The van der Waals surface area contributed by atoms with Crippen LogP contribution in [0.15, 0.2) is 4.79 Å². The maximum atomic E-state index is 11.8. The fraction of sp³-hybridized carbons (Fsp3) is 0.500. The Labute approximate surface area is 107 Å². The van der Waals surface area contributed by atoms with Gasteiger partial charge in [0.15, 0.2) is 0 Å². The summed E-state index contributed by atoms with van der Waals surface area (Å²) in [7, 11) is 0. The van der Waals surface area contributed by atoms with E-state index >= 15 is 0 Å². The largest absolute Gasteiger partial charge is 0.374 e. The highest BCUT2D eigenvalue weighted by Gasteiger charge is 2.12. The van der Waals surface area contributed by atoms with Crippen LogP contribution in [0.1, 0.15) is 23.2 Å². The lowest BCUT2D eigenvalue weighted by Crippen LogP contribution is -2.16. The molecule has 0 unspecified atom stereocenters. The van der Waals surface area contributed by atoms with Crippen LogP contribution in [-0.4, -0.2) is 20.7 Å². The molecular weight excluding hydrogens is 256 g/mol. The van der Waals surface area contributed by atoms with E-state index < -0.39 is 0 Å². The van der Waals surface area contributed by atoms with E-state index in [0.29, 0.717) is 6.54 Å². The molecule has 0 saturated heterocycles. The molecule has 2 rings (SSSR count). The highest BCUT2D eigenvalue weighted by atomic mass is 32.1. The number of nitrogens with one attached hydrogen (secondary N) is 1. The first-order valence-electron chi connectivity index (χ1n) is 5.35. The molecule has 92 valence electrons. The highest BCUT2D eigenvalue weighted by molar-refractivity contribution is 7.10. The van der Waals surface area contributed by atoms with Gasteiger partial charge >= 0.3 is 4.87 Å². The maximum Gasteiger partial charge on any atom is 0.307 e. The summed E-state index contributed by atoms with van der Waals surface area (Å²) in [4.78, 5) is 12.9. The molecule has 0 aliphatic heterocycles. The van der Waals surface area contributed by atoms with Crippen LogP contribution in [0, 0.1) is 13.8 Å². The lowest BCUT2D eigenvalue weighted by molar-refractivity contribution is 0.729. The second kappa shape index (κ2) is 4.97. The third kappa shape index (κ3) is 2.39. The molecule has 1 N–H and O–H groups in total. The molecule has 0 atom stereocenters. The molecule has 7 heteroatoms. The Morgan fingerprint density at radius 2 is 2.18 bits per heavy atom. The lowest BCUT2D eigenvalue weighted by Gasteiger charge is -2.04. The van der Waals surface area contributed by atoms with Crippen LogP contribution in [0.3, 0.4) is 0 Å². The molecule has 0 aromatic carbocycles. The number of hydrogen-bond acceptors (Lipinski definition) is 6. The van der Waals surface area contributed by atoms with Crippen LogP contribution in [0.4, 0.5) is 5.00 Å². The zero-order chi connectivity index (χ0) is 12.4. The molecule has 2 aromatic heterocycles. The smallest absolute Gasteiger partial charge is 0.307 e. The quantitative estimate of drug-likeness (QED) is 0.921. The van der Waals surface area contributed by atoms with Gasteiger partial charge in [-0.25, -0.2) is 0 Å². The summed E-state index contributed by atoms with van der Waals surface area (Å²) in [5.74, 6) is 0. The number of anilines is 1. The van der Waals surface area contributed by atoms with Crippen LogP contribution in [0.5, 0.6) is 0 Å². The van der Waals surface area contributed by atoms with Gasteiger partial charge in [-0.15, -0.1) is 5.10 Å².